The topological polar surface area (TPSA) is 76.2 Å². The molecular formula is C23H35N5O3S. The number of amides is 4. The lowest BCUT2D eigenvalue weighted by Crippen LogP contribution is -2.76. The Kier molecular flexibility index (Phi) is 8.81. The molecule has 1 aromatic carbocycles. The number of urea groups is 1. The zero-order valence-corrected chi connectivity index (χ0v) is 20.1. The van der Waals surface area contributed by atoms with Crippen molar-refractivity contribution in [2.24, 2.45) is 0 Å². The first kappa shape index (κ1) is 24.4. The number of nitrogens with zero attached hydrogens (tertiary/aromatic N) is 4. The third kappa shape index (κ3) is 5.38. The summed E-state index contributed by atoms with van der Waals surface area (Å²) in [4.78, 5) is 43.3. The van der Waals surface area contributed by atoms with Crippen LogP contribution in [0.4, 0.5) is 4.79 Å². The summed E-state index contributed by atoms with van der Waals surface area (Å²) in [5.41, 5.74) is 1.01. The summed E-state index contributed by atoms with van der Waals surface area (Å²) in [5.74, 6) is 0.705. The van der Waals surface area contributed by atoms with Crippen LogP contribution in [0.5, 0.6) is 0 Å². The van der Waals surface area contributed by atoms with Crippen molar-refractivity contribution in [3.8, 4) is 0 Å². The fraction of sp³-hybridized carbons (Fsp3) is 0.609. The smallest absolute Gasteiger partial charge is 0.334 e. The van der Waals surface area contributed by atoms with Crippen molar-refractivity contribution in [2.45, 2.75) is 51.9 Å². The minimum absolute atomic E-state index is 0.00620. The summed E-state index contributed by atoms with van der Waals surface area (Å²) in [7, 11) is 0. The largest absolute Gasteiger partial charge is 0.337 e. The molecule has 0 unspecified atom stereocenters. The second-order valence-corrected chi connectivity index (χ2v) is 9.17. The number of nitrogens with one attached hydrogen (secondary N) is 1. The Morgan fingerprint density at radius 1 is 1.19 bits per heavy atom. The fourth-order valence-electron chi connectivity index (χ4n) is 4.38. The van der Waals surface area contributed by atoms with E-state index < -0.39 is 12.2 Å². The van der Waals surface area contributed by atoms with Crippen LogP contribution in [0.2, 0.25) is 0 Å². The van der Waals surface area contributed by atoms with Crippen LogP contribution in [0, 0.1) is 0 Å². The zero-order chi connectivity index (χ0) is 23.1. The molecule has 4 amide bonds. The minimum atomic E-state index is -0.519. The molecule has 9 heteroatoms. The second-order valence-electron chi connectivity index (χ2n) is 8.19. The predicted octanol–water partition coefficient (Wildman–Crippen LogP) is 2.37. The molecule has 0 saturated carbocycles. The van der Waals surface area contributed by atoms with Gasteiger partial charge in [-0.15, -0.1) is 0 Å². The van der Waals surface area contributed by atoms with Crippen LogP contribution < -0.4 is 5.32 Å². The van der Waals surface area contributed by atoms with E-state index in [1.165, 1.54) is 0 Å². The Balaban J connectivity index is 1.86. The summed E-state index contributed by atoms with van der Waals surface area (Å²) in [6.07, 6.45) is 3.98. The van der Waals surface area contributed by atoms with E-state index in [0.717, 1.165) is 24.2 Å². The molecule has 8 nitrogen and oxygen atoms in total. The van der Waals surface area contributed by atoms with E-state index in [1.54, 1.807) is 26.7 Å². The average Bonchev–Trinajstić information content (AvgIpc) is 2.81. The zero-order valence-electron chi connectivity index (χ0n) is 19.3. The van der Waals surface area contributed by atoms with Gasteiger partial charge in [-0.25, -0.2) is 14.8 Å². The average molecular weight is 462 g/mol. The van der Waals surface area contributed by atoms with Gasteiger partial charge in [0.15, 0.2) is 0 Å². The van der Waals surface area contributed by atoms with Gasteiger partial charge in [-0.2, -0.15) is 11.8 Å². The van der Waals surface area contributed by atoms with Crippen LogP contribution in [0.3, 0.4) is 0 Å². The first-order chi connectivity index (χ1) is 15.5. The van der Waals surface area contributed by atoms with Crippen molar-refractivity contribution in [3.63, 3.8) is 0 Å². The normalized spacial score (nSPS) is 21.7. The number of likely N-dealkylation sites (N-methyl/N-ethyl adjacent to an activating group) is 1. The molecule has 0 aromatic heterocycles. The third-order valence-corrected chi connectivity index (χ3v) is 6.71. The number of carbonyl (C=O) groups is 3. The van der Waals surface area contributed by atoms with Crippen LogP contribution in [0.1, 0.15) is 38.7 Å². The van der Waals surface area contributed by atoms with E-state index in [9.17, 15) is 14.4 Å². The maximum Gasteiger partial charge on any atom is 0.334 e. The summed E-state index contributed by atoms with van der Waals surface area (Å²) < 4.78 is 0. The highest BCUT2D eigenvalue weighted by atomic mass is 32.2. The van der Waals surface area contributed by atoms with E-state index in [1.807, 2.05) is 48.4 Å². The molecule has 176 valence electrons. The standard InChI is InChI=1S/C23H35N5O3S/c1-4-6-13-25-16-20-27(19(22(25)30)12-14-32-3)21(29)17-26(5-2)28(20)23(31)24-15-18-10-8-7-9-11-18/h7-11,19-20H,4-6,12-17H2,1-3H3,(H,24,31)/t19-,20-/m0/s1. The van der Waals surface area contributed by atoms with Crippen LogP contribution in [-0.2, 0) is 16.1 Å². The molecule has 0 spiro atoms. The van der Waals surface area contributed by atoms with Crippen LogP contribution in [0.25, 0.3) is 0 Å². The Morgan fingerprint density at radius 2 is 1.94 bits per heavy atom. The van der Waals surface area contributed by atoms with Gasteiger partial charge in [-0.1, -0.05) is 50.6 Å². The highest BCUT2D eigenvalue weighted by Gasteiger charge is 2.50. The van der Waals surface area contributed by atoms with Crippen molar-refractivity contribution < 1.29 is 14.4 Å². The number of benzene rings is 1. The van der Waals surface area contributed by atoms with Crippen molar-refractivity contribution in [1.82, 2.24) is 25.1 Å². The quantitative estimate of drug-likeness (QED) is 0.611. The SMILES string of the molecule is CCCCN1C[C@H]2N(C(=O)CN(CC)N2C(=O)NCc2ccccc2)[C@@H](CCSC)C1=O. The Morgan fingerprint density at radius 3 is 2.59 bits per heavy atom. The number of fused-ring (bicyclic) bond motifs is 1. The molecule has 32 heavy (non-hydrogen) atoms. The number of unbranched alkanes of at least 4 members (excludes halogenated alkanes) is 1. The van der Waals surface area contributed by atoms with Gasteiger partial charge in [0.25, 0.3) is 0 Å². The van der Waals surface area contributed by atoms with Gasteiger partial charge in [0, 0.05) is 19.6 Å². The molecule has 2 heterocycles. The lowest BCUT2D eigenvalue weighted by molar-refractivity contribution is -0.190. The van der Waals surface area contributed by atoms with Gasteiger partial charge in [-0.05, 0) is 30.4 Å². The predicted molar refractivity (Wildman–Crippen MR) is 127 cm³/mol. The Hall–Kier alpha value is -2.26. The van der Waals surface area contributed by atoms with E-state index in [2.05, 4.69) is 12.2 Å². The van der Waals surface area contributed by atoms with Crippen molar-refractivity contribution in [3.05, 3.63) is 35.9 Å². The lowest BCUT2D eigenvalue weighted by Gasteiger charge is -2.55. The number of hydrogen-bond acceptors (Lipinski definition) is 5. The maximum atomic E-state index is 13.4. The molecule has 2 fully saturated rings. The summed E-state index contributed by atoms with van der Waals surface area (Å²) in [5, 5.41) is 6.47. The van der Waals surface area contributed by atoms with Crippen LogP contribution >= 0.6 is 11.8 Å². The van der Waals surface area contributed by atoms with Gasteiger partial charge in [0.05, 0.1) is 13.1 Å². The highest BCUT2D eigenvalue weighted by Crippen LogP contribution is 2.28. The second kappa shape index (κ2) is 11.6. The van der Waals surface area contributed by atoms with E-state index in [-0.39, 0.29) is 24.4 Å². The number of rotatable bonds is 9. The molecule has 0 aliphatic carbocycles. The number of thioether (sulfide) groups is 1. The first-order valence-electron chi connectivity index (χ1n) is 11.5. The molecule has 2 saturated heterocycles. The van der Waals surface area contributed by atoms with Crippen molar-refractivity contribution in [1.29, 1.82) is 0 Å². The van der Waals surface area contributed by atoms with Gasteiger partial charge in [0.1, 0.15) is 12.2 Å². The molecule has 0 radical (unpaired) electrons. The van der Waals surface area contributed by atoms with Gasteiger partial charge in [0.2, 0.25) is 11.8 Å². The summed E-state index contributed by atoms with van der Waals surface area (Å²) in [6, 6.07) is 8.99. The maximum absolute atomic E-state index is 13.4. The molecule has 1 aromatic rings. The van der Waals surface area contributed by atoms with Gasteiger partial charge < -0.3 is 15.1 Å². The lowest BCUT2D eigenvalue weighted by atomic mass is 10.0. The first-order valence-corrected chi connectivity index (χ1v) is 12.9. The monoisotopic (exact) mass is 461 g/mol. The highest BCUT2D eigenvalue weighted by molar-refractivity contribution is 7.98. The van der Waals surface area contributed by atoms with Crippen LogP contribution in [0.15, 0.2) is 30.3 Å². The Bertz CT molecular complexity index is 793. The van der Waals surface area contributed by atoms with E-state index >= 15 is 0 Å². The summed E-state index contributed by atoms with van der Waals surface area (Å²) >= 11 is 1.66. The molecule has 0 bridgehead atoms. The molecule has 2 atom stereocenters. The Labute approximate surface area is 195 Å². The fourth-order valence-corrected chi connectivity index (χ4v) is 4.83. The molecular weight excluding hydrogens is 426 g/mol. The van der Waals surface area contributed by atoms with Crippen LogP contribution in [-0.4, -0.2) is 88.1 Å². The van der Waals surface area contributed by atoms with E-state index in [4.69, 9.17) is 0 Å². The summed E-state index contributed by atoms with van der Waals surface area (Å²) in [6.45, 7) is 6.07. The van der Waals surface area contributed by atoms with Gasteiger partial charge >= 0.3 is 6.03 Å². The van der Waals surface area contributed by atoms with Crippen molar-refractivity contribution in [2.75, 3.05) is 38.2 Å². The number of hydrogen-bond donors (Lipinski definition) is 1. The number of hydrazine groups is 1. The van der Waals surface area contributed by atoms with Crippen molar-refractivity contribution >= 4 is 29.6 Å². The van der Waals surface area contributed by atoms with Gasteiger partial charge in [-0.3, -0.25) is 9.59 Å². The molecule has 2 aliphatic rings. The molecule has 3 rings (SSSR count). The third-order valence-electron chi connectivity index (χ3n) is 6.07. The number of piperazine rings is 1. The van der Waals surface area contributed by atoms with E-state index in [0.29, 0.717) is 32.6 Å². The number of carbonyl (C=O) groups excluding carboxylic acids is 3. The molecule has 2 aliphatic heterocycles. The minimum Gasteiger partial charge on any atom is -0.337 e. The molecule has 1 N–H and O–H groups in total.